The van der Waals surface area contributed by atoms with Gasteiger partial charge in [0.2, 0.25) is 0 Å². The number of likely N-dealkylation sites (tertiary alicyclic amines) is 1. The molecule has 1 aliphatic heterocycles. The number of hydrogen-bond donors (Lipinski definition) is 1. The Morgan fingerprint density at radius 2 is 2.25 bits per heavy atom. The molecule has 0 spiro atoms. The third-order valence-corrected chi connectivity index (χ3v) is 4.41. The first-order valence-electron chi connectivity index (χ1n) is 6.29. The van der Waals surface area contributed by atoms with E-state index in [2.05, 4.69) is 27.8 Å². The SMILES string of the molecule is CC1(CN)CCN(Cc2ccc(Br)c([N+](=O)[O-])c2)C1.Cl. The average molecular weight is 365 g/mol. The summed E-state index contributed by atoms with van der Waals surface area (Å²) in [5, 5.41) is 10.9. The van der Waals surface area contributed by atoms with Crippen molar-refractivity contribution in [3.63, 3.8) is 0 Å². The molecule has 2 rings (SSSR count). The number of nitrogens with two attached hydrogens (primary N) is 1. The smallest absolute Gasteiger partial charge is 0.283 e. The molecule has 1 aromatic carbocycles. The maximum absolute atomic E-state index is 10.9. The molecule has 0 radical (unpaired) electrons. The van der Waals surface area contributed by atoms with Gasteiger partial charge in [-0.25, -0.2) is 0 Å². The van der Waals surface area contributed by atoms with Crippen molar-refractivity contribution in [3.05, 3.63) is 38.3 Å². The van der Waals surface area contributed by atoms with Crippen LogP contribution in [0.25, 0.3) is 0 Å². The second kappa shape index (κ2) is 6.85. The van der Waals surface area contributed by atoms with Crippen LogP contribution in [0.5, 0.6) is 0 Å². The van der Waals surface area contributed by atoms with Crippen molar-refractivity contribution in [3.8, 4) is 0 Å². The van der Waals surface area contributed by atoms with E-state index in [4.69, 9.17) is 5.73 Å². The standard InChI is InChI=1S/C13H18BrN3O2.ClH/c1-13(8-15)4-5-16(9-13)7-10-2-3-11(14)12(6-10)17(18)19;/h2-3,6H,4-5,7-9,15H2,1H3;1H. The highest BCUT2D eigenvalue weighted by atomic mass is 79.9. The van der Waals surface area contributed by atoms with Crippen molar-refractivity contribution in [2.24, 2.45) is 11.1 Å². The van der Waals surface area contributed by atoms with Crippen molar-refractivity contribution >= 4 is 34.0 Å². The molecule has 7 heteroatoms. The topological polar surface area (TPSA) is 72.4 Å². The van der Waals surface area contributed by atoms with Gasteiger partial charge in [-0.05, 0) is 52.5 Å². The van der Waals surface area contributed by atoms with E-state index < -0.39 is 0 Å². The van der Waals surface area contributed by atoms with E-state index in [-0.39, 0.29) is 28.4 Å². The Bertz CT molecular complexity index is 501. The third kappa shape index (κ3) is 3.91. The minimum absolute atomic E-state index is 0. The van der Waals surface area contributed by atoms with Gasteiger partial charge in [0, 0.05) is 19.2 Å². The third-order valence-electron chi connectivity index (χ3n) is 3.74. The molecule has 0 amide bonds. The van der Waals surface area contributed by atoms with Crippen LogP contribution in [-0.2, 0) is 6.54 Å². The van der Waals surface area contributed by atoms with E-state index in [0.717, 1.165) is 31.6 Å². The zero-order valence-corrected chi connectivity index (χ0v) is 13.7. The summed E-state index contributed by atoms with van der Waals surface area (Å²) >= 11 is 3.20. The maximum atomic E-state index is 10.9. The van der Waals surface area contributed by atoms with E-state index >= 15 is 0 Å². The van der Waals surface area contributed by atoms with Gasteiger partial charge in [-0.1, -0.05) is 13.0 Å². The molecule has 1 heterocycles. The molecule has 0 bridgehead atoms. The summed E-state index contributed by atoms with van der Waals surface area (Å²) in [6, 6.07) is 5.31. The van der Waals surface area contributed by atoms with Crippen molar-refractivity contribution in [2.75, 3.05) is 19.6 Å². The van der Waals surface area contributed by atoms with Crippen LogP contribution in [0.3, 0.4) is 0 Å². The average Bonchev–Trinajstić information content (AvgIpc) is 2.74. The first kappa shape index (κ1) is 17.4. The van der Waals surface area contributed by atoms with Crippen LogP contribution < -0.4 is 5.73 Å². The second-order valence-electron chi connectivity index (χ2n) is 5.52. The number of nitrogens with zero attached hydrogens (tertiary/aromatic N) is 2. The first-order valence-corrected chi connectivity index (χ1v) is 7.08. The lowest BCUT2D eigenvalue weighted by molar-refractivity contribution is -0.385. The molecular formula is C13H19BrClN3O2. The van der Waals surface area contributed by atoms with Gasteiger partial charge >= 0.3 is 0 Å². The Kier molecular flexibility index (Phi) is 5.94. The van der Waals surface area contributed by atoms with Crippen LogP contribution in [0.1, 0.15) is 18.9 Å². The van der Waals surface area contributed by atoms with Gasteiger partial charge in [-0.15, -0.1) is 12.4 Å². The summed E-state index contributed by atoms with van der Waals surface area (Å²) in [6.45, 7) is 5.57. The summed E-state index contributed by atoms with van der Waals surface area (Å²) in [5.74, 6) is 0. The van der Waals surface area contributed by atoms with E-state index in [0.29, 0.717) is 11.0 Å². The molecule has 1 atom stereocenters. The highest BCUT2D eigenvalue weighted by Crippen LogP contribution is 2.31. The van der Waals surface area contributed by atoms with E-state index in [1.54, 1.807) is 12.1 Å². The molecule has 5 nitrogen and oxygen atoms in total. The van der Waals surface area contributed by atoms with Gasteiger partial charge in [0.25, 0.3) is 5.69 Å². The largest absolute Gasteiger partial charge is 0.330 e. The summed E-state index contributed by atoms with van der Waals surface area (Å²) in [4.78, 5) is 12.9. The molecule has 1 saturated heterocycles. The number of benzene rings is 1. The van der Waals surface area contributed by atoms with Crippen molar-refractivity contribution in [1.29, 1.82) is 0 Å². The fourth-order valence-electron chi connectivity index (χ4n) is 2.48. The minimum atomic E-state index is -0.360. The van der Waals surface area contributed by atoms with Gasteiger partial charge in [-0.2, -0.15) is 0 Å². The molecule has 1 fully saturated rings. The van der Waals surface area contributed by atoms with Crippen molar-refractivity contribution < 1.29 is 4.92 Å². The molecule has 0 saturated carbocycles. The Labute approximate surface area is 133 Å². The normalized spacial score (nSPS) is 22.6. The first-order chi connectivity index (χ1) is 8.93. The highest BCUT2D eigenvalue weighted by Gasteiger charge is 2.32. The summed E-state index contributed by atoms with van der Waals surface area (Å²) < 4.78 is 0.523. The molecule has 0 aliphatic carbocycles. The second-order valence-corrected chi connectivity index (χ2v) is 6.37. The lowest BCUT2D eigenvalue weighted by atomic mass is 9.90. The van der Waals surface area contributed by atoms with Gasteiger partial charge in [0.05, 0.1) is 9.40 Å². The molecule has 2 N–H and O–H groups in total. The van der Waals surface area contributed by atoms with Gasteiger partial charge in [0.15, 0.2) is 0 Å². The molecule has 1 unspecified atom stereocenters. The summed E-state index contributed by atoms with van der Waals surface area (Å²) in [7, 11) is 0. The lowest BCUT2D eigenvalue weighted by Gasteiger charge is -2.22. The quantitative estimate of drug-likeness (QED) is 0.658. The lowest BCUT2D eigenvalue weighted by Crippen LogP contribution is -2.31. The van der Waals surface area contributed by atoms with Crippen molar-refractivity contribution in [1.82, 2.24) is 4.90 Å². The monoisotopic (exact) mass is 363 g/mol. The molecule has 20 heavy (non-hydrogen) atoms. The predicted octanol–water partition coefficient (Wildman–Crippen LogP) is 2.95. The summed E-state index contributed by atoms with van der Waals surface area (Å²) in [5.41, 5.74) is 7.06. The van der Waals surface area contributed by atoms with Crippen LogP contribution in [0.15, 0.2) is 22.7 Å². The number of rotatable bonds is 4. The van der Waals surface area contributed by atoms with Crippen molar-refractivity contribution in [2.45, 2.75) is 19.9 Å². The molecular weight excluding hydrogens is 346 g/mol. The zero-order chi connectivity index (χ0) is 14.0. The molecule has 112 valence electrons. The number of nitro groups is 1. The van der Waals surface area contributed by atoms with E-state index in [1.807, 2.05) is 6.07 Å². The van der Waals surface area contributed by atoms with Crippen LogP contribution in [0, 0.1) is 15.5 Å². The Morgan fingerprint density at radius 3 is 2.80 bits per heavy atom. The van der Waals surface area contributed by atoms with Crippen LogP contribution in [-0.4, -0.2) is 29.5 Å². The van der Waals surface area contributed by atoms with E-state index in [9.17, 15) is 10.1 Å². The Hall–Kier alpha value is -0.690. The highest BCUT2D eigenvalue weighted by molar-refractivity contribution is 9.10. The fraction of sp³-hybridized carbons (Fsp3) is 0.538. The predicted molar refractivity (Wildman–Crippen MR) is 85.1 cm³/mol. The summed E-state index contributed by atoms with van der Waals surface area (Å²) in [6.07, 6.45) is 1.09. The zero-order valence-electron chi connectivity index (χ0n) is 11.3. The van der Waals surface area contributed by atoms with Gasteiger partial charge < -0.3 is 5.73 Å². The molecule has 0 aromatic heterocycles. The maximum Gasteiger partial charge on any atom is 0.283 e. The number of hydrogen-bond acceptors (Lipinski definition) is 4. The van der Waals surface area contributed by atoms with Crippen LogP contribution >= 0.6 is 28.3 Å². The number of halogens is 2. The van der Waals surface area contributed by atoms with Crippen LogP contribution in [0.4, 0.5) is 5.69 Å². The minimum Gasteiger partial charge on any atom is -0.330 e. The fourth-order valence-corrected chi connectivity index (χ4v) is 2.87. The van der Waals surface area contributed by atoms with Gasteiger partial charge in [-0.3, -0.25) is 15.0 Å². The van der Waals surface area contributed by atoms with Gasteiger partial charge in [0.1, 0.15) is 0 Å². The van der Waals surface area contributed by atoms with E-state index in [1.165, 1.54) is 0 Å². The number of nitro benzene ring substituents is 1. The molecule has 1 aromatic rings. The Balaban J connectivity index is 0.00000200. The van der Waals surface area contributed by atoms with Crippen LogP contribution in [0.2, 0.25) is 0 Å². The Morgan fingerprint density at radius 1 is 1.55 bits per heavy atom. The molecule has 1 aliphatic rings.